The van der Waals surface area contributed by atoms with Crippen molar-refractivity contribution in [1.29, 1.82) is 0 Å². The molecule has 0 radical (unpaired) electrons. The summed E-state index contributed by atoms with van der Waals surface area (Å²) in [5.41, 5.74) is 0. The van der Waals surface area contributed by atoms with Crippen LogP contribution in [0.25, 0.3) is 0 Å². The van der Waals surface area contributed by atoms with E-state index in [9.17, 15) is 4.79 Å². The maximum absolute atomic E-state index is 10.7. The van der Waals surface area contributed by atoms with E-state index in [1.807, 2.05) is 0 Å². The minimum atomic E-state index is -1.46. The Kier molecular flexibility index (Phi) is 4.25. The third-order valence-corrected chi connectivity index (χ3v) is 1.50. The zero-order valence-electron chi connectivity index (χ0n) is 6.69. The molecule has 0 aromatic rings. The summed E-state index contributed by atoms with van der Waals surface area (Å²) >= 11 is 0. The molecular weight excluding hydrogens is 148 g/mol. The molecule has 0 saturated carbocycles. The van der Waals surface area contributed by atoms with E-state index >= 15 is 0 Å². The fraction of sp³-hybridized carbons (Fsp3) is 0.857. The van der Waals surface area contributed by atoms with Gasteiger partial charge in [-0.3, -0.25) is 4.79 Å². The number of aliphatic hydroxyl groups excluding tert-OH is 3. The van der Waals surface area contributed by atoms with Gasteiger partial charge in [-0.05, 0) is 6.92 Å². The molecule has 0 heterocycles. The lowest BCUT2D eigenvalue weighted by Crippen LogP contribution is -2.40. The van der Waals surface area contributed by atoms with Crippen molar-refractivity contribution in [3.8, 4) is 0 Å². The largest absolute Gasteiger partial charge is 0.391 e. The molecule has 0 aromatic heterocycles. The quantitative estimate of drug-likeness (QED) is 0.499. The lowest BCUT2D eigenvalue weighted by atomic mass is 10.0. The summed E-state index contributed by atoms with van der Waals surface area (Å²) in [4.78, 5) is 10.7. The van der Waals surface area contributed by atoms with E-state index in [4.69, 9.17) is 15.3 Å². The summed E-state index contributed by atoms with van der Waals surface area (Å²) in [5.74, 6) is -0.460. The van der Waals surface area contributed by atoms with Crippen molar-refractivity contribution in [2.75, 3.05) is 0 Å². The predicted molar refractivity (Wildman–Crippen MR) is 39.0 cm³/mol. The van der Waals surface area contributed by atoms with Crippen LogP contribution in [0.2, 0.25) is 0 Å². The van der Waals surface area contributed by atoms with Gasteiger partial charge in [-0.2, -0.15) is 0 Å². The molecule has 4 heteroatoms. The first kappa shape index (κ1) is 10.6. The molecule has 3 unspecified atom stereocenters. The average Bonchev–Trinajstić information content (AvgIpc) is 2.00. The number of Topliss-reactive ketones (excluding diaryl/α,β-unsaturated/α-hetero) is 1. The minimum absolute atomic E-state index is 0.158. The maximum atomic E-state index is 10.7. The first-order valence-corrected chi connectivity index (χ1v) is 3.57. The topological polar surface area (TPSA) is 77.8 Å². The summed E-state index contributed by atoms with van der Waals surface area (Å²) in [7, 11) is 0. The van der Waals surface area contributed by atoms with Crippen LogP contribution in [0, 0.1) is 0 Å². The normalized spacial score (nSPS) is 19.0. The Bertz CT molecular complexity index is 132. The molecule has 0 aliphatic heterocycles. The zero-order valence-corrected chi connectivity index (χ0v) is 6.69. The third-order valence-electron chi connectivity index (χ3n) is 1.50. The van der Waals surface area contributed by atoms with E-state index in [-0.39, 0.29) is 6.42 Å². The molecule has 3 N–H and O–H groups in total. The molecule has 0 saturated heterocycles. The van der Waals surface area contributed by atoms with Crippen molar-refractivity contribution in [1.82, 2.24) is 0 Å². The highest BCUT2D eigenvalue weighted by atomic mass is 16.4. The Morgan fingerprint density at radius 2 is 1.82 bits per heavy atom. The average molecular weight is 162 g/mol. The van der Waals surface area contributed by atoms with E-state index in [0.29, 0.717) is 0 Å². The van der Waals surface area contributed by atoms with Crippen LogP contribution in [-0.2, 0) is 4.79 Å². The second-order valence-electron chi connectivity index (χ2n) is 2.50. The van der Waals surface area contributed by atoms with Gasteiger partial charge in [-0.25, -0.2) is 0 Å². The molecule has 0 aliphatic rings. The Labute approximate surface area is 65.5 Å². The van der Waals surface area contributed by atoms with Crippen molar-refractivity contribution in [2.24, 2.45) is 0 Å². The van der Waals surface area contributed by atoms with Gasteiger partial charge in [0.25, 0.3) is 0 Å². The fourth-order valence-electron chi connectivity index (χ4n) is 0.663. The van der Waals surface area contributed by atoms with E-state index in [0.717, 1.165) is 0 Å². The molecule has 4 nitrogen and oxygen atoms in total. The molecular formula is C7H14O4. The highest BCUT2D eigenvalue weighted by molar-refractivity contribution is 5.83. The number of hydrogen-bond donors (Lipinski definition) is 3. The van der Waals surface area contributed by atoms with Gasteiger partial charge in [0, 0.05) is 6.42 Å². The van der Waals surface area contributed by atoms with Crippen molar-refractivity contribution in [3.05, 3.63) is 0 Å². The van der Waals surface area contributed by atoms with E-state index < -0.39 is 24.1 Å². The minimum Gasteiger partial charge on any atom is -0.391 e. The lowest BCUT2D eigenvalue weighted by molar-refractivity contribution is -0.137. The first-order valence-electron chi connectivity index (χ1n) is 3.57. The van der Waals surface area contributed by atoms with Gasteiger partial charge in [0.1, 0.15) is 12.2 Å². The molecule has 3 atom stereocenters. The van der Waals surface area contributed by atoms with Crippen molar-refractivity contribution < 1.29 is 20.1 Å². The molecule has 0 spiro atoms. The van der Waals surface area contributed by atoms with Gasteiger partial charge in [0.05, 0.1) is 6.10 Å². The molecule has 0 aliphatic carbocycles. The predicted octanol–water partition coefficient (Wildman–Crippen LogP) is -0.932. The highest BCUT2D eigenvalue weighted by Gasteiger charge is 2.25. The number of aliphatic hydroxyl groups is 3. The van der Waals surface area contributed by atoms with Crippen molar-refractivity contribution in [2.45, 2.75) is 38.6 Å². The molecule has 66 valence electrons. The monoisotopic (exact) mass is 162 g/mol. The fourth-order valence-corrected chi connectivity index (χ4v) is 0.663. The molecule has 0 aromatic carbocycles. The van der Waals surface area contributed by atoms with Crippen LogP contribution in [0.1, 0.15) is 20.3 Å². The Morgan fingerprint density at radius 1 is 1.36 bits per heavy atom. The van der Waals surface area contributed by atoms with Crippen LogP contribution in [0.3, 0.4) is 0 Å². The summed E-state index contributed by atoms with van der Waals surface area (Å²) in [5, 5.41) is 26.7. The number of rotatable bonds is 4. The standard InChI is InChI=1S/C7H14O4/c1-3-5(9)7(11)6(10)4(2)8/h4,6-8,10-11H,3H2,1-2H3. The first-order chi connectivity index (χ1) is 5.00. The summed E-state index contributed by atoms with van der Waals surface area (Å²) in [6.07, 6.45) is -3.76. The molecule has 0 bridgehead atoms. The summed E-state index contributed by atoms with van der Waals surface area (Å²) in [6.45, 7) is 2.90. The third kappa shape index (κ3) is 2.96. The second-order valence-corrected chi connectivity index (χ2v) is 2.50. The van der Waals surface area contributed by atoms with Gasteiger partial charge in [-0.15, -0.1) is 0 Å². The Hall–Kier alpha value is -0.450. The Morgan fingerprint density at radius 3 is 2.09 bits per heavy atom. The lowest BCUT2D eigenvalue weighted by Gasteiger charge is -2.18. The van der Waals surface area contributed by atoms with Gasteiger partial charge in [0.2, 0.25) is 0 Å². The molecule has 11 heavy (non-hydrogen) atoms. The zero-order chi connectivity index (χ0) is 9.02. The van der Waals surface area contributed by atoms with E-state index in [1.54, 1.807) is 6.92 Å². The van der Waals surface area contributed by atoms with Crippen LogP contribution >= 0.6 is 0 Å². The van der Waals surface area contributed by atoms with Crippen LogP contribution in [0.15, 0.2) is 0 Å². The van der Waals surface area contributed by atoms with Crippen molar-refractivity contribution in [3.63, 3.8) is 0 Å². The van der Waals surface area contributed by atoms with E-state index in [1.165, 1.54) is 6.92 Å². The number of carbonyl (C=O) groups is 1. The van der Waals surface area contributed by atoms with Crippen LogP contribution in [0.5, 0.6) is 0 Å². The van der Waals surface area contributed by atoms with Gasteiger partial charge >= 0.3 is 0 Å². The number of carbonyl (C=O) groups excluding carboxylic acids is 1. The number of hydrogen-bond acceptors (Lipinski definition) is 4. The van der Waals surface area contributed by atoms with E-state index in [2.05, 4.69) is 0 Å². The molecule has 0 fully saturated rings. The van der Waals surface area contributed by atoms with Crippen molar-refractivity contribution >= 4 is 5.78 Å². The van der Waals surface area contributed by atoms with Gasteiger partial charge in [-0.1, -0.05) is 6.92 Å². The van der Waals surface area contributed by atoms with Crippen LogP contribution in [0.4, 0.5) is 0 Å². The van der Waals surface area contributed by atoms with Crippen LogP contribution < -0.4 is 0 Å². The molecule has 0 amide bonds. The SMILES string of the molecule is CCC(=O)C(O)C(O)C(C)O. The summed E-state index contributed by atoms with van der Waals surface area (Å²) in [6, 6.07) is 0. The van der Waals surface area contributed by atoms with Gasteiger partial charge < -0.3 is 15.3 Å². The smallest absolute Gasteiger partial charge is 0.163 e. The highest BCUT2D eigenvalue weighted by Crippen LogP contribution is 2.02. The molecule has 0 rings (SSSR count). The Balaban J connectivity index is 4.01. The summed E-state index contributed by atoms with van der Waals surface area (Å²) < 4.78 is 0. The number of ketones is 1. The maximum Gasteiger partial charge on any atom is 0.163 e. The van der Waals surface area contributed by atoms with Crippen LogP contribution in [-0.4, -0.2) is 39.4 Å². The van der Waals surface area contributed by atoms with Gasteiger partial charge in [0.15, 0.2) is 5.78 Å². The second kappa shape index (κ2) is 4.43.